The minimum Gasteiger partial charge on any atom is -0.397 e. The molecule has 16 heavy (non-hydrogen) atoms. The van der Waals surface area contributed by atoms with E-state index in [1.807, 2.05) is 18.7 Å². The summed E-state index contributed by atoms with van der Waals surface area (Å²) in [6.45, 7) is 6.77. The first-order valence-corrected chi connectivity index (χ1v) is 5.62. The van der Waals surface area contributed by atoms with Gasteiger partial charge in [0.05, 0.1) is 11.9 Å². The highest BCUT2D eigenvalue weighted by molar-refractivity contribution is 5.92. The lowest BCUT2D eigenvalue weighted by Gasteiger charge is -2.26. The smallest absolute Gasteiger partial charge is 0.272 e. The SMILES string of the molecule is CCC(C)N(CC)C(=O)c1ccc(N)cn1. The first kappa shape index (κ1) is 12.5. The highest BCUT2D eigenvalue weighted by atomic mass is 16.2. The standard InChI is InChI=1S/C12H19N3O/c1-4-9(3)15(5-2)12(16)11-7-6-10(13)8-14-11/h6-9H,4-5,13H2,1-3H3. The van der Waals surface area contributed by atoms with Crippen molar-refractivity contribution in [3.63, 3.8) is 0 Å². The van der Waals surface area contributed by atoms with Gasteiger partial charge in [-0.25, -0.2) is 4.98 Å². The second kappa shape index (κ2) is 5.49. The number of anilines is 1. The number of hydrogen-bond acceptors (Lipinski definition) is 3. The van der Waals surface area contributed by atoms with Crippen molar-refractivity contribution in [2.24, 2.45) is 0 Å². The van der Waals surface area contributed by atoms with Gasteiger partial charge in [-0.05, 0) is 32.4 Å². The van der Waals surface area contributed by atoms with Crippen LogP contribution in [0.1, 0.15) is 37.7 Å². The summed E-state index contributed by atoms with van der Waals surface area (Å²) in [5.74, 6) is -0.0307. The van der Waals surface area contributed by atoms with E-state index in [0.29, 0.717) is 17.9 Å². The van der Waals surface area contributed by atoms with Gasteiger partial charge in [-0.3, -0.25) is 4.79 Å². The first-order valence-electron chi connectivity index (χ1n) is 5.62. The molecule has 4 heteroatoms. The van der Waals surface area contributed by atoms with Crippen LogP contribution in [-0.4, -0.2) is 28.4 Å². The van der Waals surface area contributed by atoms with Gasteiger partial charge in [-0.1, -0.05) is 6.92 Å². The number of carbonyl (C=O) groups is 1. The molecule has 0 aromatic carbocycles. The second-order valence-electron chi connectivity index (χ2n) is 3.83. The Labute approximate surface area is 96.5 Å². The maximum atomic E-state index is 12.1. The van der Waals surface area contributed by atoms with Crippen LogP contribution in [0.15, 0.2) is 18.3 Å². The van der Waals surface area contributed by atoms with Crippen LogP contribution in [0.25, 0.3) is 0 Å². The van der Waals surface area contributed by atoms with Crippen LogP contribution in [-0.2, 0) is 0 Å². The molecule has 1 aromatic heterocycles. The molecule has 0 saturated heterocycles. The molecule has 0 aliphatic rings. The van der Waals surface area contributed by atoms with Crippen molar-refractivity contribution < 1.29 is 4.79 Å². The number of hydrogen-bond donors (Lipinski definition) is 1. The zero-order valence-corrected chi connectivity index (χ0v) is 10.1. The van der Waals surface area contributed by atoms with Crippen molar-refractivity contribution in [3.8, 4) is 0 Å². The number of aromatic nitrogens is 1. The van der Waals surface area contributed by atoms with Crippen LogP contribution in [0.2, 0.25) is 0 Å². The van der Waals surface area contributed by atoms with Crippen LogP contribution in [0.4, 0.5) is 5.69 Å². The average molecular weight is 221 g/mol. The molecule has 0 radical (unpaired) electrons. The van der Waals surface area contributed by atoms with Gasteiger partial charge in [0, 0.05) is 12.6 Å². The number of carbonyl (C=O) groups excluding carboxylic acids is 1. The van der Waals surface area contributed by atoms with E-state index in [4.69, 9.17) is 5.73 Å². The third-order valence-electron chi connectivity index (χ3n) is 2.73. The fourth-order valence-corrected chi connectivity index (χ4v) is 1.55. The zero-order chi connectivity index (χ0) is 12.1. The topological polar surface area (TPSA) is 59.2 Å². The largest absolute Gasteiger partial charge is 0.397 e. The van der Waals surface area contributed by atoms with Crippen molar-refractivity contribution >= 4 is 11.6 Å². The number of nitrogens with zero attached hydrogens (tertiary/aromatic N) is 2. The minimum absolute atomic E-state index is 0.0307. The van der Waals surface area contributed by atoms with E-state index in [1.165, 1.54) is 6.20 Å². The number of nitrogens with two attached hydrogens (primary N) is 1. The van der Waals surface area contributed by atoms with Crippen LogP contribution >= 0.6 is 0 Å². The van der Waals surface area contributed by atoms with E-state index in [2.05, 4.69) is 11.9 Å². The molecule has 88 valence electrons. The summed E-state index contributed by atoms with van der Waals surface area (Å²) in [4.78, 5) is 18.0. The second-order valence-corrected chi connectivity index (χ2v) is 3.83. The van der Waals surface area contributed by atoms with Gasteiger partial charge < -0.3 is 10.6 Å². The monoisotopic (exact) mass is 221 g/mol. The lowest BCUT2D eigenvalue weighted by molar-refractivity contribution is 0.0694. The van der Waals surface area contributed by atoms with E-state index in [1.54, 1.807) is 12.1 Å². The molecule has 0 saturated carbocycles. The molecular formula is C12H19N3O. The van der Waals surface area contributed by atoms with Gasteiger partial charge in [-0.2, -0.15) is 0 Å². The molecule has 0 aliphatic heterocycles. The quantitative estimate of drug-likeness (QED) is 0.845. The highest BCUT2D eigenvalue weighted by Gasteiger charge is 2.19. The molecule has 1 unspecified atom stereocenters. The third-order valence-corrected chi connectivity index (χ3v) is 2.73. The predicted molar refractivity (Wildman–Crippen MR) is 65.1 cm³/mol. The summed E-state index contributed by atoms with van der Waals surface area (Å²) in [7, 11) is 0. The Morgan fingerprint density at radius 3 is 2.62 bits per heavy atom. The number of pyridine rings is 1. The highest BCUT2D eigenvalue weighted by Crippen LogP contribution is 2.09. The fourth-order valence-electron chi connectivity index (χ4n) is 1.55. The van der Waals surface area contributed by atoms with Crippen molar-refractivity contribution in [1.29, 1.82) is 0 Å². The summed E-state index contributed by atoms with van der Waals surface area (Å²) >= 11 is 0. The van der Waals surface area contributed by atoms with Gasteiger partial charge in [0.25, 0.3) is 5.91 Å². The molecule has 1 aromatic rings. The van der Waals surface area contributed by atoms with Crippen molar-refractivity contribution in [3.05, 3.63) is 24.0 Å². The molecule has 2 N–H and O–H groups in total. The maximum Gasteiger partial charge on any atom is 0.272 e. The Morgan fingerprint density at radius 1 is 1.50 bits per heavy atom. The summed E-state index contributed by atoms with van der Waals surface area (Å²) in [5.41, 5.74) is 6.56. The summed E-state index contributed by atoms with van der Waals surface area (Å²) < 4.78 is 0. The third kappa shape index (κ3) is 2.72. The molecule has 0 bridgehead atoms. The molecule has 1 heterocycles. The van der Waals surface area contributed by atoms with Gasteiger partial charge in [0.1, 0.15) is 5.69 Å². The molecule has 0 fully saturated rings. The Morgan fingerprint density at radius 2 is 2.19 bits per heavy atom. The zero-order valence-electron chi connectivity index (χ0n) is 10.1. The Bertz CT molecular complexity index is 348. The van der Waals surface area contributed by atoms with E-state index in [9.17, 15) is 4.79 Å². The van der Waals surface area contributed by atoms with Crippen LogP contribution < -0.4 is 5.73 Å². The van der Waals surface area contributed by atoms with Crippen molar-refractivity contribution in [2.75, 3.05) is 12.3 Å². The van der Waals surface area contributed by atoms with Gasteiger partial charge in [0.15, 0.2) is 0 Å². The molecule has 1 rings (SSSR count). The maximum absolute atomic E-state index is 12.1. The normalized spacial score (nSPS) is 12.2. The van der Waals surface area contributed by atoms with Gasteiger partial charge in [-0.15, -0.1) is 0 Å². The van der Waals surface area contributed by atoms with Crippen LogP contribution in [0.5, 0.6) is 0 Å². The van der Waals surface area contributed by atoms with Gasteiger partial charge in [0.2, 0.25) is 0 Å². The summed E-state index contributed by atoms with van der Waals surface area (Å²) in [6, 6.07) is 3.60. The van der Waals surface area contributed by atoms with Crippen LogP contribution in [0.3, 0.4) is 0 Å². The average Bonchev–Trinajstić information content (AvgIpc) is 2.30. The van der Waals surface area contributed by atoms with E-state index >= 15 is 0 Å². The number of rotatable bonds is 4. The Hall–Kier alpha value is -1.58. The molecule has 1 amide bonds. The summed E-state index contributed by atoms with van der Waals surface area (Å²) in [5, 5.41) is 0. The number of amides is 1. The first-order chi connectivity index (χ1) is 7.60. The van der Waals surface area contributed by atoms with E-state index in [0.717, 1.165) is 6.42 Å². The molecule has 0 spiro atoms. The lowest BCUT2D eigenvalue weighted by Crippen LogP contribution is -2.38. The lowest BCUT2D eigenvalue weighted by atomic mass is 10.2. The fraction of sp³-hybridized carbons (Fsp3) is 0.500. The van der Waals surface area contributed by atoms with E-state index < -0.39 is 0 Å². The van der Waals surface area contributed by atoms with E-state index in [-0.39, 0.29) is 11.9 Å². The van der Waals surface area contributed by atoms with Crippen molar-refractivity contribution in [2.45, 2.75) is 33.2 Å². The molecule has 0 aliphatic carbocycles. The molecule has 4 nitrogen and oxygen atoms in total. The Balaban J connectivity index is 2.87. The van der Waals surface area contributed by atoms with Crippen LogP contribution in [0, 0.1) is 0 Å². The van der Waals surface area contributed by atoms with Crippen molar-refractivity contribution in [1.82, 2.24) is 9.88 Å². The Kier molecular flexibility index (Phi) is 4.28. The molecule has 1 atom stereocenters. The number of nitrogen functional groups attached to an aromatic ring is 1. The minimum atomic E-state index is -0.0307. The molecular weight excluding hydrogens is 202 g/mol. The van der Waals surface area contributed by atoms with Gasteiger partial charge >= 0.3 is 0 Å². The summed E-state index contributed by atoms with van der Waals surface area (Å²) in [6.07, 6.45) is 2.45. The predicted octanol–water partition coefficient (Wildman–Crippen LogP) is 1.92.